The van der Waals surface area contributed by atoms with Crippen LogP contribution in [-0.4, -0.2) is 31.6 Å². The lowest BCUT2D eigenvalue weighted by Gasteiger charge is -2.17. The summed E-state index contributed by atoms with van der Waals surface area (Å²) in [5.74, 6) is -0.549. The molecule has 8 heteroatoms. The summed E-state index contributed by atoms with van der Waals surface area (Å²) in [7, 11) is 1.99. The Labute approximate surface area is 158 Å². The molecule has 0 fully saturated rings. The maximum absolute atomic E-state index is 12.4. The average Bonchev–Trinajstić information content (AvgIpc) is 3.09. The number of carbonyl (C=O) groups excluding carboxylic acids is 1. The van der Waals surface area contributed by atoms with Crippen molar-refractivity contribution in [2.45, 2.75) is 13.1 Å². The molecule has 136 valence electrons. The van der Waals surface area contributed by atoms with E-state index in [1.54, 1.807) is 18.2 Å². The average molecular weight is 379 g/mol. The maximum atomic E-state index is 12.4. The van der Waals surface area contributed by atoms with Gasteiger partial charge in [0.1, 0.15) is 11.0 Å². The molecule has 1 amide bonds. The van der Waals surface area contributed by atoms with Crippen LogP contribution in [0.15, 0.2) is 47.3 Å². The first-order valence-corrected chi connectivity index (χ1v) is 9.08. The number of amides is 1. The van der Waals surface area contributed by atoms with Gasteiger partial charge in [-0.05, 0) is 42.9 Å². The molecular formula is C19H17N5O2S. The lowest BCUT2D eigenvalue weighted by atomic mass is 10.1. The van der Waals surface area contributed by atoms with Crippen molar-refractivity contribution < 1.29 is 4.79 Å². The molecule has 0 saturated carbocycles. The second-order valence-electron chi connectivity index (χ2n) is 6.54. The summed E-state index contributed by atoms with van der Waals surface area (Å²) in [6.07, 6.45) is 0. The summed E-state index contributed by atoms with van der Waals surface area (Å²) in [5, 5.41) is 0.458. The van der Waals surface area contributed by atoms with Crippen LogP contribution in [-0.2, 0) is 13.1 Å². The maximum Gasteiger partial charge on any atom is 0.248 e. The first kappa shape index (κ1) is 17.3. The molecule has 4 rings (SSSR count). The van der Waals surface area contributed by atoms with Crippen molar-refractivity contribution >= 4 is 39.6 Å². The molecule has 2 aromatic carbocycles. The Morgan fingerprint density at radius 2 is 1.93 bits per heavy atom. The zero-order valence-electron chi connectivity index (χ0n) is 14.6. The third kappa shape index (κ3) is 3.57. The number of aromatic nitrogens is 3. The Hall–Kier alpha value is -3.10. The lowest BCUT2D eigenvalue weighted by molar-refractivity contribution is 0.100. The van der Waals surface area contributed by atoms with Crippen LogP contribution in [0.4, 0.5) is 0 Å². The van der Waals surface area contributed by atoms with Crippen LogP contribution < -0.4 is 11.2 Å². The molecule has 0 saturated heterocycles. The molecule has 7 nitrogen and oxygen atoms in total. The van der Waals surface area contributed by atoms with Crippen molar-refractivity contribution in [1.29, 1.82) is 0 Å². The monoisotopic (exact) mass is 379 g/mol. The van der Waals surface area contributed by atoms with Crippen LogP contribution in [0.2, 0.25) is 0 Å². The van der Waals surface area contributed by atoms with E-state index in [0.717, 1.165) is 22.3 Å². The van der Waals surface area contributed by atoms with E-state index < -0.39 is 5.91 Å². The summed E-state index contributed by atoms with van der Waals surface area (Å²) in [6, 6.07) is 12.5. The second-order valence-corrected chi connectivity index (χ2v) is 7.07. The Bertz CT molecular complexity index is 1210. The van der Waals surface area contributed by atoms with Gasteiger partial charge in [-0.3, -0.25) is 14.5 Å². The van der Waals surface area contributed by atoms with Gasteiger partial charge in [-0.2, -0.15) is 8.75 Å². The van der Waals surface area contributed by atoms with Crippen LogP contribution in [0.5, 0.6) is 0 Å². The fraction of sp³-hybridized carbons (Fsp3) is 0.158. The third-order valence-corrected chi connectivity index (χ3v) is 4.94. The zero-order valence-corrected chi connectivity index (χ0v) is 15.4. The lowest BCUT2D eigenvalue weighted by Crippen LogP contribution is -2.19. The summed E-state index contributed by atoms with van der Waals surface area (Å²) < 4.78 is 8.48. The highest BCUT2D eigenvalue weighted by Crippen LogP contribution is 2.16. The van der Waals surface area contributed by atoms with Crippen molar-refractivity contribution in [2.75, 3.05) is 7.05 Å². The smallest absolute Gasteiger partial charge is 0.248 e. The van der Waals surface area contributed by atoms with Crippen LogP contribution in [0.3, 0.4) is 0 Å². The minimum absolute atomic E-state index is 0.134. The molecule has 2 heterocycles. The molecule has 0 spiro atoms. The highest BCUT2D eigenvalue weighted by atomic mass is 32.1. The van der Waals surface area contributed by atoms with Gasteiger partial charge in [0.05, 0.1) is 11.7 Å². The van der Waals surface area contributed by atoms with Crippen molar-refractivity contribution in [2.24, 2.45) is 5.73 Å². The summed E-state index contributed by atoms with van der Waals surface area (Å²) in [4.78, 5) is 29.1. The Balaban J connectivity index is 1.55. The van der Waals surface area contributed by atoms with Crippen molar-refractivity contribution in [3.63, 3.8) is 0 Å². The summed E-state index contributed by atoms with van der Waals surface area (Å²) >= 11 is 1.21. The number of benzene rings is 2. The van der Waals surface area contributed by atoms with Gasteiger partial charge >= 0.3 is 0 Å². The van der Waals surface area contributed by atoms with E-state index in [0.29, 0.717) is 29.6 Å². The topological polar surface area (TPSA) is 105 Å². The molecule has 0 aliphatic heterocycles. The molecular weight excluding hydrogens is 362 g/mol. The Kier molecular flexibility index (Phi) is 4.43. The van der Waals surface area contributed by atoms with E-state index in [-0.39, 0.29) is 5.43 Å². The molecule has 0 unspecified atom stereocenters. The van der Waals surface area contributed by atoms with Gasteiger partial charge in [0, 0.05) is 41.3 Å². The van der Waals surface area contributed by atoms with Gasteiger partial charge in [0.25, 0.3) is 0 Å². The zero-order chi connectivity index (χ0) is 19.0. The predicted molar refractivity (Wildman–Crippen MR) is 106 cm³/mol. The number of carbonyl (C=O) groups is 1. The van der Waals surface area contributed by atoms with E-state index in [9.17, 15) is 9.59 Å². The molecule has 0 atom stereocenters. The summed E-state index contributed by atoms with van der Waals surface area (Å²) in [6.45, 7) is 1.30. The largest absolute Gasteiger partial charge is 0.366 e. The van der Waals surface area contributed by atoms with Crippen LogP contribution in [0.25, 0.3) is 21.9 Å². The number of hydrogen-bond donors (Lipinski definition) is 2. The Morgan fingerprint density at radius 1 is 1.11 bits per heavy atom. The molecule has 3 N–H and O–H groups in total. The number of primary amides is 1. The number of H-pyrrole nitrogens is 1. The SMILES string of the molecule is CN(Cc1ccc2nsnc2c1)Cc1cc(=O)c2cc(C(N)=O)ccc2[nH]1. The van der Waals surface area contributed by atoms with Crippen LogP contribution in [0.1, 0.15) is 21.6 Å². The number of rotatable bonds is 5. The normalized spacial score (nSPS) is 11.5. The minimum atomic E-state index is -0.549. The van der Waals surface area contributed by atoms with Gasteiger partial charge in [-0.25, -0.2) is 0 Å². The van der Waals surface area contributed by atoms with Gasteiger partial charge < -0.3 is 10.7 Å². The minimum Gasteiger partial charge on any atom is -0.366 e. The summed E-state index contributed by atoms with van der Waals surface area (Å²) in [5.41, 5.74) is 9.90. The van der Waals surface area contributed by atoms with Gasteiger partial charge in [-0.1, -0.05) is 6.07 Å². The standard InChI is InChI=1S/C19H17N5O2S/c1-24(9-11-2-4-16-17(6-11)23-27-22-16)10-13-8-18(25)14-7-12(19(20)26)3-5-15(14)21-13/h2-8H,9-10H2,1H3,(H2,20,26)(H,21,25). The van der Waals surface area contributed by atoms with Crippen molar-refractivity contribution in [3.8, 4) is 0 Å². The number of nitrogens with two attached hydrogens (primary N) is 1. The number of aromatic amines is 1. The number of hydrogen-bond acceptors (Lipinski definition) is 6. The number of nitrogens with one attached hydrogen (secondary N) is 1. The fourth-order valence-electron chi connectivity index (χ4n) is 3.13. The van der Waals surface area contributed by atoms with E-state index in [2.05, 4.69) is 18.6 Å². The van der Waals surface area contributed by atoms with Gasteiger partial charge in [0.15, 0.2) is 5.43 Å². The predicted octanol–water partition coefficient (Wildman–Crippen LogP) is 2.26. The molecule has 27 heavy (non-hydrogen) atoms. The highest BCUT2D eigenvalue weighted by molar-refractivity contribution is 7.00. The van der Waals surface area contributed by atoms with E-state index >= 15 is 0 Å². The van der Waals surface area contributed by atoms with Crippen molar-refractivity contribution in [3.05, 3.63) is 69.5 Å². The first-order valence-electron chi connectivity index (χ1n) is 8.35. The molecule has 0 bridgehead atoms. The number of nitrogens with zero attached hydrogens (tertiary/aromatic N) is 3. The first-order chi connectivity index (χ1) is 13.0. The van der Waals surface area contributed by atoms with Crippen LogP contribution in [0, 0.1) is 0 Å². The molecule has 0 aliphatic carbocycles. The highest BCUT2D eigenvalue weighted by Gasteiger charge is 2.09. The molecule has 4 aromatic rings. The second kappa shape index (κ2) is 6.90. The number of pyridine rings is 1. The number of fused-ring (bicyclic) bond motifs is 2. The van der Waals surface area contributed by atoms with E-state index in [1.165, 1.54) is 17.8 Å². The van der Waals surface area contributed by atoms with Gasteiger partial charge in [0.2, 0.25) is 5.91 Å². The molecule has 0 radical (unpaired) electrons. The van der Waals surface area contributed by atoms with Crippen LogP contribution >= 0.6 is 11.7 Å². The Morgan fingerprint density at radius 3 is 2.74 bits per heavy atom. The third-order valence-electron chi connectivity index (χ3n) is 4.38. The fourth-order valence-corrected chi connectivity index (χ4v) is 3.64. The van der Waals surface area contributed by atoms with Crippen molar-refractivity contribution in [1.82, 2.24) is 18.6 Å². The quantitative estimate of drug-likeness (QED) is 0.553. The van der Waals surface area contributed by atoms with E-state index in [1.807, 2.05) is 25.2 Å². The van der Waals surface area contributed by atoms with E-state index in [4.69, 9.17) is 5.73 Å². The molecule has 2 aromatic heterocycles. The van der Waals surface area contributed by atoms with Gasteiger partial charge in [-0.15, -0.1) is 0 Å². The molecule has 0 aliphatic rings.